The molecule has 1 atom stereocenters. The normalized spacial score (nSPS) is 20.1. The van der Waals surface area contributed by atoms with Crippen LogP contribution in [0.15, 0.2) is 48.5 Å². The zero-order valence-electron chi connectivity index (χ0n) is 19.7. The molecule has 174 valence electrons. The smallest absolute Gasteiger partial charge is 0.256 e. The second-order valence-electron chi connectivity index (χ2n) is 9.79. The lowest BCUT2D eigenvalue weighted by molar-refractivity contribution is 0.0521. The van der Waals surface area contributed by atoms with Gasteiger partial charge in [-0.1, -0.05) is 36.4 Å². The van der Waals surface area contributed by atoms with Crippen LogP contribution in [0.25, 0.3) is 5.57 Å². The summed E-state index contributed by atoms with van der Waals surface area (Å²) in [6.07, 6.45) is 7.59. The molecule has 5 rings (SSSR count). The minimum atomic E-state index is -0.558. The molecular weight excluding hydrogens is 410 g/mol. The summed E-state index contributed by atoms with van der Waals surface area (Å²) in [5.41, 5.74) is 7.16. The average molecular weight is 446 g/mol. The largest absolute Gasteiger partial charge is 0.390 e. The molecule has 3 aliphatic rings. The van der Waals surface area contributed by atoms with Crippen molar-refractivity contribution in [3.8, 4) is 0 Å². The molecule has 1 N–H and O–H groups in total. The Hall–Kier alpha value is -2.63. The molecule has 2 heterocycles. The number of rotatable bonds is 5. The van der Waals surface area contributed by atoms with E-state index in [0.29, 0.717) is 19.6 Å². The second kappa shape index (κ2) is 9.70. The van der Waals surface area contributed by atoms with Crippen LogP contribution in [0.4, 0.5) is 5.69 Å². The standard InChI is InChI=1S/C28H35N3O2/c1-29-15-16-31(20-25(32)19-30-14-13-22-9-5-6-10-24(22)18-30)28(33)26-12-11-23(17-27(26)29)21-7-3-2-4-8-21/h5-7,9-12,17,25,32H,2-4,8,13-16,18-20H2,1H3. The van der Waals surface area contributed by atoms with Crippen molar-refractivity contribution in [1.82, 2.24) is 9.80 Å². The second-order valence-corrected chi connectivity index (χ2v) is 9.79. The molecule has 0 saturated heterocycles. The highest BCUT2D eigenvalue weighted by atomic mass is 16.3. The number of carbonyl (C=O) groups excluding carboxylic acids is 1. The molecule has 1 amide bonds. The number of allylic oxidation sites excluding steroid dienone is 2. The number of fused-ring (bicyclic) bond motifs is 2. The van der Waals surface area contributed by atoms with E-state index in [1.54, 1.807) is 0 Å². The third-order valence-electron chi connectivity index (χ3n) is 7.40. The SMILES string of the molecule is CN1CCN(CC(O)CN2CCc3ccccc3C2)C(=O)c2ccc(C3=CCCCC3)cc21. The number of benzene rings is 2. The molecule has 2 aliphatic heterocycles. The maximum Gasteiger partial charge on any atom is 0.256 e. The first kappa shape index (κ1) is 22.2. The molecule has 0 spiro atoms. The Morgan fingerprint density at radius 1 is 0.970 bits per heavy atom. The lowest BCUT2D eigenvalue weighted by atomic mass is 9.92. The summed E-state index contributed by atoms with van der Waals surface area (Å²) < 4.78 is 0. The highest BCUT2D eigenvalue weighted by Crippen LogP contribution is 2.32. The minimum Gasteiger partial charge on any atom is -0.390 e. The number of β-amino-alcohol motifs (C(OH)–C–C–N with tert-alkyl or cyclic N) is 1. The van der Waals surface area contributed by atoms with Crippen LogP contribution in [-0.2, 0) is 13.0 Å². The molecule has 33 heavy (non-hydrogen) atoms. The van der Waals surface area contributed by atoms with Crippen LogP contribution >= 0.6 is 0 Å². The van der Waals surface area contributed by atoms with Crippen molar-refractivity contribution in [2.24, 2.45) is 0 Å². The van der Waals surface area contributed by atoms with Gasteiger partial charge in [0.1, 0.15) is 0 Å². The number of likely N-dealkylation sites (N-methyl/N-ethyl adjacent to an activating group) is 1. The van der Waals surface area contributed by atoms with Crippen LogP contribution in [0.3, 0.4) is 0 Å². The van der Waals surface area contributed by atoms with Crippen LogP contribution in [-0.4, -0.2) is 66.7 Å². The van der Waals surface area contributed by atoms with E-state index in [9.17, 15) is 9.90 Å². The quantitative estimate of drug-likeness (QED) is 0.757. The molecule has 2 aromatic carbocycles. The van der Waals surface area contributed by atoms with E-state index in [0.717, 1.165) is 50.1 Å². The molecule has 0 fully saturated rings. The van der Waals surface area contributed by atoms with Crippen molar-refractivity contribution >= 4 is 17.2 Å². The number of aliphatic hydroxyl groups is 1. The third-order valence-corrected chi connectivity index (χ3v) is 7.40. The lowest BCUT2D eigenvalue weighted by Gasteiger charge is -2.32. The maximum absolute atomic E-state index is 13.4. The minimum absolute atomic E-state index is 0.0292. The number of hydrogen-bond acceptors (Lipinski definition) is 4. The monoisotopic (exact) mass is 445 g/mol. The van der Waals surface area contributed by atoms with Gasteiger partial charge in [-0.25, -0.2) is 0 Å². The Balaban J connectivity index is 1.26. The molecule has 5 nitrogen and oxygen atoms in total. The lowest BCUT2D eigenvalue weighted by Crippen LogP contribution is -2.44. The van der Waals surface area contributed by atoms with Gasteiger partial charge >= 0.3 is 0 Å². The van der Waals surface area contributed by atoms with Gasteiger partial charge < -0.3 is 14.9 Å². The molecule has 1 aliphatic carbocycles. The number of aliphatic hydroxyl groups excluding tert-OH is 1. The van der Waals surface area contributed by atoms with E-state index in [-0.39, 0.29) is 5.91 Å². The van der Waals surface area contributed by atoms with E-state index in [4.69, 9.17) is 0 Å². The van der Waals surface area contributed by atoms with E-state index in [1.807, 2.05) is 11.0 Å². The molecule has 0 aromatic heterocycles. The van der Waals surface area contributed by atoms with Gasteiger partial charge in [-0.05, 0) is 66.5 Å². The van der Waals surface area contributed by atoms with Crippen molar-refractivity contribution in [3.05, 3.63) is 70.8 Å². The molecule has 5 heteroatoms. The Labute approximate surface area is 197 Å². The molecule has 1 unspecified atom stereocenters. The van der Waals surface area contributed by atoms with Gasteiger partial charge in [-0.15, -0.1) is 0 Å². The highest BCUT2D eigenvalue weighted by Gasteiger charge is 2.28. The first-order chi connectivity index (χ1) is 16.1. The molecular formula is C28H35N3O2. The summed E-state index contributed by atoms with van der Waals surface area (Å²) in [7, 11) is 2.07. The molecule has 2 aromatic rings. The van der Waals surface area contributed by atoms with Crippen molar-refractivity contribution in [1.29, 1.82) is 0 Å². The highest BCUT2D eigenvalue weighted by molar-refractivity contribution is 6.01. The van der Waals surface area contributed by atoms with Crippen LogP contribution < -0.4 is 4.90 Å². The summed E-state index contributed by atoms with van der Waals surface area (Å²) >= 11 is 0. The number of hydrogen-bond donors (Lipinski definition) is 1. The summed E-state index contributed by atoms with van der Waals surface area (Å²) in [5.74, 6) is 0.0292. The Kier molecular flexibility index (Phi) is 6.52. The number of anilines is 1. The summed E-state index contributed by atoms with van der Waals surface area (Å²) in [5, 5.41) is 10.9. The number of nitrogens with zero attached hydrogens (tertiary/aromatic N) is 3. The van der Waals surface area contributed by atoms with Gasteiger partial charge in [0.15, 0.2) is 0 Å². The van der Waals surface area contributed by atoms with Gasteiger partial charge in [0.25, 0.3) is 5.91 Å². The van der Waals surface area contributed by atoms with Crippen LogP contribution in [0.1, 0.15) is 52.7 Å². The molecule has 0 bridgehead atoms. The van der Waals surface area contributed by atoms with Crippen LogP contribution in [0.2, 0.25) is 0 Å². The first-order valence-corrected chi connectivity index (χ1v) is 12.4. The number of amides is 1. The van der Waals surface area contributed by atoms with Crippen molar-refractivity contribution < 1.29 is 9.90 Å². The molecule has 0 radical (unpaired) electrons. The zero-order valence-corrected chi connectivity index (χ0v) is 19.7. The predicted molar refractivity (Wildman–Crippen MR) is 133 cm³/mol. The Morgan fingerprint density at radius 2 is 1.82 bits per heavy atom. The van der Waals surface area contributed by atoms with E-state index >= 15 is 0 Å². The Morgan fingerprint density at radius 3 is 2.64 bits per heavy atom. The van der Waals surface area contributed by atoms with E-state index < -0.39 is 6.10 Å². The zero-order chi connectivity index (χ0) is 22.8. The van der Waals surface area contributed by atoms with Gasteiger partial charge in [0, 0.05) is 52.0 Å². The van der Waals surface area contributed by atoms with Crippen molar-refractivity contribution in [2.75, 3.05) is 44.7 Å². The topological polar surface area (TPSA) is 47.0 Å². The van der Waals surface area contributed by atoms with E-state index in [1.165, 1.54) is 35.1 Å². The first-order valence-electron chi connectivity index (χ1n) is 12.4. The predicted octanol–water partition coefficient (Wildman–Crippen LogP) is 3.96. The summed E-state index contributed by atoms with van der Waals surface area (Å²) in [4.78, 5) is 19.8. The van der Waals surface area contributed by atoms with Gasteiger partial charge in [-0.3, -0.25) is 9.69 Å². The van der Waals surface area contributed by atoms with Crippen LogP contribution in [0.5, 0.6) is 0 Å². The maximum atomic E-state index is 13.4. The van der Waals surface area contributed by atoms with Crippen LogP contribution in [0, 0.1) is 0 Å². The fraction of sp³-hybridized carbons (Fsp3) is 0.464. The molecule has 0 saturated carbocycles. The van der Waals surface area contributed by atoms with Gasteiger partial charge in [0.05, 0.1) is 11.7 Å². The Bertz CT molecular complexity index is 1050. The summed E-state index contributed by atoms with van der Waals surface area (Å²) in [6.45, 7) is 4.18. The van der Waals surface area contributed by atoms with E-state index in [2.05, 4.69) is 59.3 Å². The van der Waals surface area contributed by atoms with Crippen molar-refractivity contribution in [2.45, 2.75) is 44.8 Å². The third kappa shape index (κ3) is 4.85. The fourth-order valence-corrected chi connectivity index (χ4v) is 5.49. The van der Waals surface area contributed by atoms with Crippen molar-refractivity contribution in [3.63, 3.8) is 0 Å². The number of carbonyl (C=O) groups is 1. The van der Waals surface area contributed by atoms with Gasteiger partial charge in [0.2, 0.25) is 0 Å². The summed E-state index contributed by atoms with van der Waals surface area (Å²) in [6, 6.07) is 14.8. The fourth-order valence-electron chi connectivity index (χ4n) is 5.49. The average Bonchev–Trinajstić information content (AvgIpc) is 2.96. The van der Waals surface area contributed by atoms with Gasteiger partial charge in [-0.2, -0.15) is 0 Å².